The minimum absolute atomic E-state index is 0.0131. The Balaban J connectivity index is 2.07. The molecule has 0 aliphatic heterocycles. The van der Waals surface area contributed by atoms with Crippen molar-refractivity contribution >= 4 is 52.2 Å². The number of benzene rings is 2. The highest BCUT2D eigenvalue weighted by Crippen LogP contribution is 2.23. The molecular formula is C22H17Cl3N2O3. The van der Waals surface area contributed by atoms with Crippen LogP contribution in [0.2, 0.25) is 15.1 Å². The molecule has 0 radical (unpaired) electrons. The van der Waals surface area contributed by atoms with Crippen LogP contribution >= 0.6 is 34.8 Å². The van der Waals surface area contributed by atoms with Crippen molar-refractivity contribution in [1.82, 2.24) is 4.57 Å². The van der Waals surface area contributed by atoms with Crippen molar-refractivity contribution in [3.8, 4) is 0 Å². The first-order valence-electron chi connectivity index (χ1n) is 8.93. The lowest BCUT2D eigenvalue weighted by molar-refractivity contribution is 0.100. The second-order valence-electron chi connectivity index (χ2n) is 6.70. The van der Waals surface area contributed by atoms with Gasteiger partial charge in [-0.3, -0.25) is 14.4 Å². The van der Waals surface area contributed by atoms with Crippen LogP contribution in [-0.4, -0.2) is 16.3 Å². The maximum absolute atomic E-state index is 13.1. The number of Topliss-reactive ketones (excluding diaryl/α,β-unsaturated/α-hetero) is 1. The first-order valence-corrected chi connectivity index (χ1v) is 10.1. The highest BCUT2D eigenvalue weighted by molar-refractivity contribution is 6.35. The van der Waals surface area contributed by atoms with Crippen LogP contribution in [0.3, 0.4) is 0 Å². The maximum Gasteiger partial charge on any atom is 0.274 e. The first kappa shape index (κ1) is 22.1. The van der Waals surface area contributed by atoms with Gasteiger partial charge in [-0.15, -0.1) is 0 Å². The lowest BCUT2D eigenvalue weighted by Gasteiger charge is -2.17. The van der Waals surface area contributed by atoms with Gasteiger partial charge in [-0.1, -0.05) is 46.9 Å². The highest BCUT2D eigenvalue weighted by atomic mass is 35.5. The second-order valence-corrected chi connectivity index (χ2v) is 7.98. The summed E-state index contributed by atoms with van der Waals surface area (Å²) in [4.78, 5) is 37.9. The van der Waals surface area contributed by atoms with E-state index in [-0.39, 0.29) is 18.0 Å². The van der Waals surface area contributed by atoms with Crippen molar-refractivity contribution in [2.75, 3.05) is 5.32 Å². The van der Waals surface area contributed by atoms with Crippen LogP contribution in [0.1, 0.15) is 38.9 Å². The molecule has 154 valence electrons. The molecule has 0 spiro atoms. The molecule has 1 heterocycles. The predicted molar refractivity (Wildman–Crippen MR) is 120 cm³/mol. The third kappa shape index (κ3) is 4.75. The Bertz CT molecular complexity index is 1220. The number of carbonyl (C=O) groups is 2. The summed E-state index contributed by atoms with van der Waals surface area (Å²) in [5.41, 5.74) is 1.26. The molecule has 2 aromatic carbocycles. The summed E-state index contributed by atoms with van der Waals surface area (Å²) in [6.07, 6.45) is 0. The van der Waals surface area contributed by atoms with Gasteiger partial charge in [0.25, 0.3) is 11.5 Å². The van der Waals surface area contributed by atoms with Crippen molar-refractivity contribution in [3.05, 3.63) is 96.3 Å². The average Bonchev–Trinajstić information content (AvgIpc) is 2.68. The fourth-order valence-corrected chi connectivity index (χ4v) is 3.69. The minimum atomic E-state index is -0.510. The number of rotatable bonds is 5. The number of hydrogen-bond donors (Lipinski definition) is 1. The zero-order valence-electron chi connectivity index (χ0n) is 16.1. The molecule has 0 saturated carbocycles. The van der Waals surface area contributed by atoms with Gasteiger partial charge in [-0.25, -0.2) is 0 Å². The smallest absolute Gasteiger partial charge is 0.274 e. The van der Waals surface area contributed by atoms with Gasteiger partial charge in [0.2, 0.25) is 0 Å². The predicted octanol–water partition coefficient (Wildman–Crippen LogP) is 5.62. The summed E-state index contributed by atoms with van der Waals surface area (Å²) >= 11 is 18.1. The molecule has 0 fully saturated rings. The fourth-order valence-electron chi connectivity index (χ4n) is 3.03. The lowest BCUT2D eigenvalue weighted by Crippen LogP contribution is -2.29. The van der Waals surface area contributed by atoms with Crippen LogP contribution in [0, 0.1) is 6.92 Å². The Morgan fingerprint density at radius 1 is 1.00 bits per heavy atom. The number of nitrogens with one attached hydrogen (secondary N) is 1. The summed E-state index contributed by atoms with van der Waals surface area (Å²) in [5, 5.41) is 3.85. The number of nitrogens with zero attached hydrogens (tertiary/aromatic N) is 1. The van der Waals surface area contributed by atoms with E-state index in [1.165, 1.54) is 23.6 Å². The number of aromatic nitrogens is 1. The van der Waals surface area contributed by atoms with Crippen LogP contribution in [0.25, 0.3) is 0 Å². The van der Waals surface area contributed by atoms with Crippen LogP contribution < -0.4 is 10.9 Å². The Morgan fingerprint density at radius 2 is 1.70 bits per heavy atom. The van der Waals surface area contributed by atoms with Crippen LogP contribution in [0.4, 0.5) is 5.69 Å². The standard InChI is InChI=1S/C22H17Cl3N2O3/c1-12-18(13(2)28)10-20(26-21(29)14-4-3-5-16(23)8-14)22(30)27(12)11-15-6-7-17(24)9-19(15)25/h3-10H,11H2,1-2H3,(H,26,29). The normalized spacial score (nSPS) is 10.7. The minimum Gasteiger partial charge on any atom is -0.317 e. The third-order valence-electron chi connectivity index (χ3n) is 4.62. The number of halogens is 3. The quantitative estimate of drug-likeness (QED) is 0.499. The zero-order valence-corrected chi connectivity index (χ0v) is 18.4. The van der Waals surface area contributed by atoms with Gasteiger partial charge in [0, 0.05) is 31.9 Å². The molecule has 1 N–H and O–H groups in total. The second kappa shape index (κ2) is 9.04. The van der Waals surface area contributed by atoms with E-state index >= 15 is 0 Å². The van der Waals surface area contributed by atoms with Gasteiger partial charge in [-0.05, 0) is 55.8 Å². The van der Waals surface area contributed by atoms with E-state index in [2.05, 4.69) is 5.32 Å². The lowest BCUT2D eigenvalue weighted by atomic mass is 10.1. The number of amides is 1. The highest BCUT2D eigenvalue weighted by Gasteiger charge is 2.18. The van der Waals surface area contributed by atoms with E-state index in [9.17, 15) is 14.4 Å². The summed E-state index contributed by atoms with van der Waals surface area (Å²) in [7, 11) is 0. The van der Waals surface area contributed by atoms with E-state index in [1.807, 2.05) is 0 Å². The van der Waals surface area contributed by atoms with Gasteiger partial charge in [0.05, 0.1) is 6.54 Å². The van der Waals surface area contributed by atoms with E-state index in [0.717, 1.165) is 0 Å². The van der Waals surface area contributed by atoms with Crippen LogP contribution in [0.15, 0.2) is 53.3 Å². The summed E-state index contributed by atoms with van der Waals surface area (Å²) in [5.74, 6) is -0.745. The summed E-state index contributed by atoms with van der Waals surface area (Å²) in [6, 6.07) is 12.7. The van der Waals surface area contributed by atoms with Crippen molar-refractivity contribution in [2.45, 2.75) is 20.4 Å². The molecule has 0 atom stereocenters. The molecule has 0 aliphatic carbocycles. The van der Waals surface area contributed by atoms with Crippen molar-refractivity contribution in [2.24, 2.45) is 0 Å². The molecule has 30 heavy (non-hydrogen) atoms. The molecule has 3 rings (SSSR count). The van der Waals surface area contributed by atoms with E-state index in [0.29, 0.717) is 37.5 Å². The number of hydrogen-bond acceptors (Lipinski definition) is 3. The largest absolute Gasteiger partial charge is 0.317 e. The first-order chi connectivity index (χ1) is 14.2. The van der Waals surface area contributed by atoms with E-state index < -0.39 is 11.5 Å². The molecule has 0 saturated heterocycles. The Kier molecular flexibility index (Phi) is 6.66. The molecule has 3 aromatic rings. The Labute approximate surface area is 188 Å². The Hall–Kier alpha value is -2.60. The van der Waals surface area contributed by atoms with E-state index in [4.69, 9.17) is 34.8 Å². The van der Waals surface area contributed by atoms with Crippen molar-refractivity contribution < 1.29 is 9.59 Å². The summed E-state index contributed by atoms with van der Waals surface area (Å²) in [6.45, 7) is 3.18. The molecular weight excluding hydrogens is 447 g/mol. The molecule has 0 aliphatic rings. The van der Waals surface area contributed by atoms with Crippen LogP contribution in [0.5, 0.6) is 0 Å². The molecule has 1 amide bonds. The van der Waals surface area contributed by atoms with Crippen LogP contribution in [-0.2, 0) is 6.54 Å². The average molecular weight is 464 g/mol. The van der Waals surface area contributed by atoms with Gasteiger partial charge in [-0.2, -0.15) is 0 Å². The number of ketones is 1. The molecule has 5 nitrogen and oxygen atoms in total. The SMILES string of the molecule is CC(=O)c1cc(NC(=O)c2cccc(Cl)c2)c(=O)n(Cc2ccc(Cl)cc2Cl)c1C. The Morgan fingerprint density at radius 3 is 2.33 bits per heavy atom. The number of carbonyl (C=O) groups excluding carboxylic acids is 2. The monoisotopic (exact) mass is 462 g/mol. The van der Waals surface area contributed by atoms with E-state index in [1.54, 1.807) is 43.3 Å². The summed E-state index contributed by atoms with van der Waals surface area (Å²) < 4.78 is 1.40. The number of pyridine rings is 1. The maximum atomic E-state index is 13.1. The van der Waals surface area contributed by atoms with Gasteiger partial charge >= 0.3 is 0 Å². The van der Waals surface area contributed by atoms with Crippen molar-refractivity contribution in [1.29, 1.82) is 0 Å². The number of anilines is 1. The fraction of sp³-hybridized carbons (Fsp3) is 0.136. The van der Waals surface area contributed by atoms with Gasteiger partial charge < -0.3 is 9.88 Å². The zero-order chi connectivity index (χ0) is 22.0. The van der Waals surface area contributed by atoms with Crippen molar-refractivity contribution in [3.63, 3.8) is 0 Å². The molecule has 1 aromatic heterocycles. The topological polar surface area (TPSA) is 68.2 Å². The molecule has 8 heteroatoms. The van der Waals surface area contributed by atoms with Gasteiger partial charge in [0.15, 0.2) is 5.78 Å². The van der Waals surface area contributed by atoms with Gasteiger partial charge in [0.1, 0.15) is 5.69 Å². The third-order valence-corrected chi connectivity index (χ3v) is 5.44. The molecule has 0 unspecified atom stereocenters. The molecule has 0 bridgehead atoms.